The molecule has 0 aliphatic heterocycles. The maximum atomic E-state index is 5.10. The van der Waals surface area contributed by atoms with E-state index in [1.807, 2.05) is 0 Å². The Morgan fingerprint density at radius 3 is 1.67 bits per heavy atom. The zero-order chi connectivity index (χ0) is 5.15. The Morgan fingerprint density at radius 1 is 1.50 bits per heavy atom. The second kappa shape index (κ2) is 3.03. The van der Waals surface area contributed by atoms with Gasteiger partial charge in [0.1, 0.15) is 4.32 Å². The maximum Gasteiger partial charge on any atom is 0.153 e. The lowest BCUT2D eigenvalue weighted by Gasteiger charge is -1.86. The molecule has 0 heterocycles. The summed E-state index contributed by atoms with van der Waals surface area (Å²) in [5, 5.41) is 0. The molecule has 0 aliphatic rings. The van der Waals surface area contributed by atoms with Crippen LogP contribution in [0.25, 0.3) is 0 Å². The summed E-state index contributed by atoms with van der Waals surface area (Å²) >= 11 is 19.6. The minimum atomic E-state index is -0.707. The lowest BCUT2D eigenvalue weighted by atomic mass is 10.9. The average Bonchev–Trinajstić information content (AvgIpc) is 1.36. The molecule has 0 bridgehead atoms. The number of halogens is 3. The van der Waals surface area contributed by atoms with Gasteiger partial charge in [-0.3, -0.25) is 0 Å². The van der Waals surface area contributed by atoms with Gasteiger partial charge >= 0.3 is 0 Å². The zero-order valence-electron chi connectivity index (χ0n) is 2.62. The van der Waals surface area contributed by atoms with Gasteiger partial charge in [-0.1, -0.05) is 47.0 Å². The van der Waals surface area contributed by atoms with Gasteiger partial charge in [-0.15, -0.1) is 0 Å². The van der Waals surface area contributed by atoms with Gasteiger partial charge in [-0.25, -0.2) is 0 Å². The zero-order valence-corrected chi connectivity index (χ0v) is 5.70. The SMILES string of the molecule is S=C(Cl)C(Cl)Cl. The Hall–Kier alpha value is 0.960. The molecule has 0 spiro atoms. The molecule has 36 valence electrons. The fourth-order valence-electron chi connectivity index (χ4n) is 0. The quantitative estimate of drug-likeness (QED) is 0.325. The largest absolute Gasteiger partial charge is 0.153 e. The molecule has 0 unspecified atom stereocenters. The van der Waals surface area contributed by atoms with E-state index < -0.39 is 4.84 Å². The predicted octanol–water partition coefficient (Wildman–Crippen LogP) is 2.36. The van der Waals surface area contributed by atoms with Gasteiger partial charge in [0.25, 0.3) is 0 Å². The van der Waals surface area contributed by atoms with Gasteiger partial charge in [0, 0.05) is 0 Å². The molecule has 6 heavy (non-hydrogen) atoms. The van der Waals surface area contributed by atoms with Crippen molar-refractivity contribution in [3.8, 4) is 0 Å². The number of thiocarbonyl (C=S) groups is 1. The molecule has 0 radical (unpaired) electrons. The summed E-state index contributed by atoms with van der Waals surface area (Å²) in [5.74, 6) is 0. The Labute approximate surface area is 56.4 Å². The smallest absolute Gasteiger partial charge is 0.0981 e. The summed E-state index contributed by atoms with van der Waals surface area (Å²) in [6.07, 6.45) is 0. The van der Waals surface area contributed by atoms with Crippen molar-refractivity contribution in [2.24, 2.45) is 0 Å². The van der Waals surface area contributed by atoms with Crippen LogP contribution in [0.1, 0.15) is 0 Å². The molecule has 0 aromatic rings. The van der Waals surface area contributed by atoms with E-state index in [2.05, 4.69) is 12.2 Å². The highest BCUT2D eigenvalue weighted by molar-refractivity contribution is 7.83. The minimum absolute atomic E-state index is 0.0957. The molecular formula is C2HCl3S. The molecule has 0 aromatic carbocycles. The Kier molecular flexibility index (Phi) is 3.51. The maximum absolute atomic E-state index is 5.10. The second-order valence-corrected chi connectivity index (χ2v) is 2.77. The Balaban J connectivity index is 3.26. The molecule has 4 heteroatoms. The van der Waals surface area contributed by atoms with Crippen LogP contribution in [0.2, 0.25) is 0 Å². The van der Waals surface area contributed by atoms with Crippen LogP contribution in [0.4, 0.5) is 0 Å². The molecule has 0 fully saturated rings. The summed E-state index contributed by atoms with van der Waals surface area (Å²) in [6.45, 7) is 0. The fourth-order valence-corrected chi connectivity index (χ4v) is 0. The van der Waals surface area contributed by atoms with Crippen LogP contribution in [0, 0.1) is 0 Å². The summed E-state index contributed by atoms with van der Waals surface area (Å²) in [5.41, 5.74) is 0. The van der Waals surface area contributed by atoms with Crippen molar-refractivity contribution >= 4 is 51.3 Å². The molecule has 0 N–H and O–H groups in total. The van der Waals surface area contributed by atoms with Gasteiger partial charge in [0.05, 0.1) is 0 Å². The first kappa shape index (κ1) is 6.96. The standard InChI is InChI=1S/C2HCl3S/c3-1(4)2(5)6/h1H. The average molecular weight is 163 g/mol. The van der Waals surface area contributed by atoms with Gasteiger partial charge < -0.3 is 0 Å². The number of alkyl halides is 2. The molecule has 0 nitrogen and oxygen atoms in total. The highest BCUT2D eigenvalue weighted by atomic mass is 35.5. The second-order valence-electron chi connectivity index (χ2n) is 0.605. The summed E-state index contributed by atoms with van der Waals surface area (Å²) < 4.78 is 0.0957. The first-order valence-electron chi connectivity index (χ1n) is 1.12. The molecule has 0 aliphatic carbocycles. The van der Waals surface area contributed by atoms with E-state index in [4.69, 9.17) is 34.8 Å². The molecule has 0 rings (SSSR count). The van der Waals surface area contributed by atoms with E-state index in [0.29, 0.717) is 0 Å². The molecule has 0 atom stereocenters. The van der Waals surface area contributed by atoms with Crippen LogP contribution < -0.4 is 0 Å². The van der Waals surface area contributed by atoms with Crippen LogP contribution in [-0.2, 0) is 0 Å². The van der Waals surface area contributed by atoms with E-state index in [-0.39, 0.29) is 4.32 Å². The number of hydrogen-bond donors (Lipinski definition) is 0. The molecule has 0 saturated heterocycles. The van der Waals surface area contributed by atoms with Crippen molar-refractivity contribution in [3.05, 3.63) is 0 Å². The van der Waals surface area contributed by atoms with Crippen LogP contribution in [-0.4, -0.2) is 9.16 Å². The fraction of sp³-hybridized carbons (Fsp3) is 0.500. The number of rotatable bonds is 1. The topological polar surface area (TPSA) is 0 Å². The third-order valence-corrected chi connectivity index (χ3v) is 1.54. The molecule has 0 amide bonds. The number of hydrogen-bond acceptors (Lipinski definition) is 1. The van der Waals surface area contributed by atoms with E-state index in [9.17, 15) is 0 Å². The third-order valence-electron chi connectivity index (χ3n) is 0.172. The monoisotopic (exact) mass is 162 g/mol. The van der Waals surface area contributed by atoms with Crippen LogP contribution in [0.15, 0.2) is 0 Å². The van der Waals surface area contributed by atoms with Gasteiger partial charge in [-0.2, -0.15) is 0 Å². The summed E-state index contributed by atoms with van der Waals surface area (Å²) in [4.78, 5) is -0.707. The van der Waals surface area contributed by atoms with Crippen molar-refractivity contribution in [2.45, 2.75) is 4.84 Å². The van der Waals surface area contributed by atoms with Crippen molar-refractivity contribution in [1.29, 1.82) is 0 Å². The Morgan fingerprint density at radius 2 is 1.67 bits per heavy atom. The molecule has 0 aromatic heterocycles. The first-order valence-corrected chi connectivity index (χ1v) is 2.78. The first-order chi connectivity index (χ1) is 2.64. The van der Waals surface area contributed by atoms with Gasteiger partial charge in [-0.05, 0) is 0 Å². The Bertz CT molecular complexity index is 59.8. The van der Waals surface area contributed by atoms with E-state index >= 15 is 0 Å². The van der Waals surface area contributed by atoms with E-state index in [1.54, 1.807) is 0 Å². The lowest BCUT2D eigenvalue weighted by molar-refractivity contribution is 1.87. The molecular weight excluding hydrogens is 162 g/mol. The minimum Gasteiger partial charge on any atom is -0.0981 e. The molecule has 0 saturated carbocycles. The summed E-state index contributed by atoms with van der Waals surface area (Å²) in [6, 6.07) is 0. The van der Waals surface area contributed by atoms with Gasteiger partial charge in [0.15, 0.2) is 4.84 Å². The van der Waals surface area contributed by atoms with Gasteiger partial charge in [0.2, 0.25) is 0 Å². The highest BCUT2D eigenvalue weighted by Crippen LogP contribution is 2.06. The lowest BCUT2D eigenvalue weighted by Crippen LogP contribution is -1.92. The van der Waals surface area contributed by atoms with Crippen LogP contribution in [0.5, 0.6) is 0 Å². The summed E-state index contributed by atoms with van der Waals surface area (Å²) in [7, 11) is 0. The predicted molar refractivity (Wildman–Crippen MR) is 33.9 cm³/mol. The van der Waals surface area contributed by atoms with Crippen molar-refractivity contribution in [1.82, 2.24) is 0 Å². The third kappa shape index (κ3) is 3.16. The van der Waals surface area contributed by atoms with Crippen LogP contribution >= 0.6 is 47.0 Å². The van der Waals surface area contributed by atoms with E-state index in [0.717, 1.165) is 0 Å². The van der Waals surface area contributed by atoms with Crippen molar-refractivity contribution < 1.29 is 0 Å². The normalized spacial score (nSPS) is 9.33. The van der Waals surface area contributed by atoms with Crippen molar-refractivity contribution in [3.63, 3.8) is 0 Å². The van der Waals surface area contributed by atoms with Crippen LogP contribution in [0.3, 0.4) is 0 Å². The highest BCUT2D eigenvalue weighted by Gasteiger charge is 1.99. The van der Waals surface area contributed by atoms with E-state index in [1.165, 1.54) is 0 Å². The van der Waals surface area contributed by atoms with Crippen molar-refractivity contribution in [2.75, 3.05) is 0 Å².